The summed E-state index contributed by atoms with van der Waals surface area (Å²) in [7, 11) is 1.73. The van der Waals surface area contributed by atoms with Crippen LogP contribution in [0.1, 0.15) is 108 Å². The molecular formula is C56H73F15N4O6. The second-order valence-electron chi connectivity index (χ2n) is 22.8. The first-order valence-electron chi connectivity index (χ1n) is 25.8. The Bertz CT molecular complexity index is 2440. The van der Waals surface area contributed by atoms with Gasteiger partial charge in [0.1, 0.15) is 5.75 Å². The number of methoxy groups -OCH3 is 1. The van der Waals surface area contributed by atoms with Gasteiger partial charge in [-0.15, -0.1) is 0 Å². The molecule has 81 heavy (non-hydrogen) atoms. The van der Waals surface area contributed by atoms with Gasteiger partial charge in [-0.3, -0.25) is 14.7 Å². The highest BCUT2D eigenvalue weighted by Crippen LogP contribution is 2.50. The Morgan fingerprint density at radius 3 is 1.21 bits per heavy atom. The first kappa shape index (κ1) is 68.3. The van der Waals surface area contributed by atoms with E-state index in [9.17, 15) is 75.4 Å². The van der Waals surface area contributed by atoms with Crippen molar-refractivity contribution in [2.45, 2.75) is 174 Å². The summed E-state index contributed by atoms with van der Waals surface area (Å²) in [4.78, 5) is 31.2. The molecule has 3 aromatic rings. The number of hydrogen-bond donors (Lipinski definition) is 0. The number of amides is 1. The van der Waals surface area contributed by atoms with Gasteiger partial charge in [-0.1, -0.05) is 79.2 Å². The quantitative estimate of drug-likeness (QED) is 0.146. The Morgan fingerprint density at radius 1 is 0.506 bits per heavy atom. The van der Waals surface area contributed by atoms with E-state index in [0.29, 0.717) is 18.3 Å². The number of benzene rings is 3. The van der Waals surface area contributed by atoms with Crippen LogP contribution < -0.4 is 4.74 Å². The number of rotatable bonds is 10. The predicted molar refractivity (Wildman–Crippen MR) is 272 cm³/mol. The summed E-state index contributed by atoms with van der Waals surface area (Å²) in [6, 6.07) is 25.9. The number of carbonyl (C=O) groups is 2. The van der Waals surface area contributed by atoms with E-state index >= 15 is 0 Å². The van der Waals surface area contributed by atoms with Crippen molar-refractivity contribution in [1.82, 2.24) is 19.6 Å². The molecule has 0 N–H and O–H groups in total. The highest BCUT2D eigenvalue weighted by molar-refractivity contribution is 5.68. The molecule has 4 fully saturated rings. The molecule has 25 heteroatoms. The molecule has 0 aromatic heterocycles. The Hall–Kier alpha value is -5.17. The summed E-state index contributed by atoms with van der Waals surface area (Å²) in [6.45, 7) is 21.0. The van der Waals surface area contributed by atoms with Crippen molar-refractivity contribution in [2.75, 3.05) is 46.4 Å². The lowest BCUT2D eigenvalue weighted by Gasteiger charge is -2.39. The smallest absolute Gasteiger partial charge is 0.497 e. The standard InChI is InChI=1S/C26H36N2O.C22H28F6N2O2.C7H5F9O3.CH4/c1-21-5-7-23(8-6-21)18-28-20-26(19-25(28,2)3)13-15-27(16-14-26)17-22-9-11-24(29-4)12-10-22;1-15-4-6-16(7-5-15)12-30-14-20(13-19(30,2)3)8-10-29(11-9-20)18(31)32-17(21(23,24)25)22(26,27)28;1-2(5(8,9)10)18-4(17)19-3(6(11,12)13)7(14,15)16;/h5-12H,13-20H2,1-4H3;4-7,17H,8-14H2,1-3H3;2-3H,1H3;1H4. The van der Waals surface area contributed by atoms with Crippen molar-refractivity contribution in [2.24, 2.45) is 10.8 Å². The molecule has 4 aliphatic heterocycles. The van der Waals surface area contributed by atoms with E-state index in [-0.39, 0.29) is 43.9 Å². The molecule has 0 bridgehead atoms. The third kappa shape index (κ3) is 19.5. The normalized spacial score (nSPS) is 19.7. The van der Waals surface area contributed by atoms with Gasteiger partial charge in [0, 0.05) is 56.9 Å². The van der Waals surface area contributed by atoms with Crippen LogP contribution in [-0.2, 0) is 33.8 Å². The first-order chi connectivity index (χ1) is 36.6. The van der Waals surface area contributed by atoms with E-state index in [0.717, 1.165) is 43.2 Å². The second kappa shape index (κ2) is 26.2. The van der Waals surface area contributed by atoms with Crippen LogP contribution >= 0.6 is 0 Å². The van der Waals surface area contributed by atoms with Crippen molar-refractivity contribution >= 4 is 12.2 Å². The maximum absolute atomic E-state index is 12.7. The lowest BCUT2D eigenvalue weighted by Crippen LogP contribution is -2.50. The molecule has 0 aliphatic carbocycles. The summed E-state index contributed by atoms with van der Waals surface area (Å²) < 4.78 is 198. The number of halogens is 15. The average molecular weight is 1180 g/mol. The molecule has 4 aliphatic rings. The van der Waals surface area contributed by atoms with E-state index < -0.39 is 61.4 Å². The molecule has 7 rings (SSSR count). The zero-order chi connectivity index (χ0) is 60.1. The Kier molecular flexibility index (Phi) is 22.1. The fourth-order valence-electron chi connectivity index (χ4n) is 10.9. The van der Waals surface area contributed by atoms with Crippen molar-refractivity contribution in [3.05, 3.63) is 101 Å². The van der Waals surface area contributed by atoms with Gasteiger partial charge in [0.25, 0.3) is 12.2 Å². The number of alkyl halides is 15. The molecule has 4 saturated heterocycles. The van der Waals surface area contributed by atoms with Gasteiger partial charge < -0.3 is 23.8 Å². The van der Waals surface area contributed by atoms with Crippen molar-refractivity contribution in [3.63, 3.8) is 0 Å². The van der Waals surface area contributed by atoms with E-state index in [2.05, 4.69) is 124 Å². The minimum atomic E-state index is -6.03. The number of nitrogens with zero attached hydrogens (tertiary/aromatic N) is 4. The van der Waals surface area contributed by atoms with Gasteiger partial charge >= 0.3 is 43.1 Å². The molecule has 3 aromatic carbocycles. The Balaban J connectivity index is 0.000000269. The number of aryl methyl sites for hydroxylation is 2. The van der Waals surface area contributed by atoms with Crippen LogP contribution in [0.15, 0.2) is 72.8 Å². The molecule has 1 amide bonds. The lowest BCUT2D eigenvalue weighted by molar-refractivity contribution is -0.313. The van der Waals surface area contributed by atoms with E-state index in [4.69, 9.17) is 4.74 Å². The molecular weight excluding hydrogens is 1110 g/mol. The zero-order valence-electron chi connectivity index (χ0n) is 45.7. The highest BCUT2D eigenvalue weighted by Gasteiger charge is 2.62. The zero-order valence-corrected chi connectivity index (χ0v) is 45.7. The fraction of sp³-hybridized carbons (Fsp3) is 0.643. The van der Waals surface area contributed by atoms with Gasteiger partial charge in [-0.2, -0.15) is 65.9 Å². The maximum atomic E-state index is 12.7. The number of ether oxygens (including phenoxy) is 4. The predicted octanol–water partition coefficient (Wildman–Crippen LogP) is 15.2. The monoisotopic (exact) mass is 1180 g/mol. The SMILES string of the molecule is C.CC(OC(=O)OC(C(F)(F)F)C(F)(F)F)C(F)(F)F.COc1ccc(CN2CCC3(CC2)CN(Cc2ccc(C)cc2)C(C)(C)C3)cc1.Cc1ccc(CN2CC3(CCN(C(=O)OC(C(F)(F)F)C(F)(F)F)CC3)CC2(C)C)cc1. The number of hydrogen-bond acceptors (Lipinski definition) is 9. The molecule has 0 radical (unpaired) electrons. The molecule has 1 unspecified atom stereocenters. The second-order valence-corrected chi connectivity index (χ2v) is 22.8. The number of carbonyl (C=O) groups excluding carboxylic acids is 2. The summed E-state index contributed by atoms with van der Waals surface area (Å²) in [5.41, 5.74) is 7.02. The summed E-state index contributed by atoms with van der Waals surface area (Å²) in [6.07, 6.45) is -38.7. The van der Waals surface area contributed by atoms with Gasteiger partial charge in [-0.05, 0) is 140 Å². The summed E-state index contributed by atoms with van der Waals surface area (Å²) in [5.74, 6) is 0.938. The summed E-state index contributed by atoms with van der Waals surface area (Å²) >= 11 is 0. The third-order valence-electron chi connectivity index (χ3n) is 15.3. The van der Waals surface area contributed by atoms with Crippen LogP contribution in [0, 0.1) is 24.7 Å². The average Bonchev–Trinajstić information content (AvgIpc) is 3.73. The molecule has 4 heterocycles. The van der Waals surface area contributed by atoms with Gasteiger partial charge in [0.15, 0.2) is 6.10 Å². The maximum Gasteiger partial charge on any atom is 0.509 e. The molecule has 1 atom stereocenters. The minimum Gasteiger partial charge on any atom is -0.497 e. The van der Waals surface area contributed by atoms with Crippen LogP contribution in [0.4, 0.5) is 75.4 Å². The van der Waals surface area contributed by atoms with Crippen LogP contribution in [0.2, 0.25) is 0 Å². The molecule has 10 nitrogen and oxygen atoms in total. The van der Waals surface area contributed by atoms with Crippen molar-refractivity contribution in [1.29, 1.82) is 0 Å². The third-order valence-corrected chi connectivity index (χ3v) is 15.3. The van der Waals surface area contributed by atoms with Crippen LogP contribution in [0.5, 0.6) is 5.75 Å². The van der Waals surface area contributed by atoms with E-state index in [1.807, 2.05) is 19.1 Å². The van der Waals surface area contributed by atoms with E-state index in [1.54, 1.807) is 7.11 Å². The van der Waals surface area contributed by atoms with Crippen molar-refractivity contribution in [3.8, 4) is 5.75 Å². The Morgan fingerprint density at radius 2 is 0.852 bits per heavy atom. The number of likely N-dealkylation sites (tertiary alicyclic amines) is 4. The number of piperidine rings is 2. The molecule has 2 spiro atoms. The topological polar surface area (TPSA) is 84.0 Å². The first-order valence-corrected chi connectivity index (χ1v) is 25.8. The van der Waals surface area contributed by atoms with Crippen LogP contribution in [-0.4, -0.2) is 138 Å². The minimum absolute atomic E-state index is 0. The molecule has 0 saturated carbocycles. The van der Waals surface area contributed by atoms with Crippen molar-refractivity contribution < 1.29 is 94.4 Å². The largest absolute Gasteiger partial charge is 0.509 e. The summed E-state index contributed by atoms with van der Waals surface area (Å²) in [5, 5.41) is 0. The van der Waals surface area contributed by atoms with Crippen LogP contribution in [0.25, 0.3) is 0 Å². The van der Waals surface area contributed by atoms with Gasteiger partial charge in [0.2, 0.25) is 0 Å². The van der Waals surface area contributed by atoms with Gasteiger partial charge in [0.05, 0.1) is 7.11 Å². The Labute approximate surface area is 463 Å². The lowest BCUT2D eigenvalue weighted by atomic mass is 9.74. The highest BCUT2D eigenvalue weighted by atomic mass is 19.4. The fourth-order valence-corrected chi connectivity index (χ4v) is 10.9. The van der Waals surface area contributed by atoms with Gasteiger partial charge in [-0.25, -0.2) is 9.59 Å². The molecule has 458 valence electrons. The van der Waals surface area contributed by atoms with Crippen LogP contribution in [0.3, 0.4) is 0 Å². The van der Waals surface area contributed by atoms with E-state index in [1.165, 1.54) is 66.7 Å².